The number of aliphatic hydroxyl groups excluding tert-OH is 1. The number of thioether (sulfide) groups is 1. The summed E-state index contributed by atoms with van der Waals surface area (Å²) in [5.74, 6) is 0.0938. The molecule has 0 spiro atoms. The van der Waals surface area contributed by atoms with Gasteiger partial charge in [0.25, 0.3) is 0 Å². The lowest BCUT2D eigenvalue weighted by Gasteiger charge is -2.59. The molecule has 4 aliphatic carbocycles. The van der Waals surface area contributed by atoms with Gasteiger partial charge in [-0.25, -0.2) is 9.97 Å². The van der Waals surface area contributed by atoms with Crippen molar-refractivity contribution in [1.82, 2.24) is 9.97 Å². The average molecular weight is 525 g/mol. The molecule has 8 atom stereocenters. The normalized spacial score (nSPS) is 41.5. The first kappa shape index (κ1) is 24.5. The molecule has 8 heteroatoms. The molecule has 190 valence electrons. The molecular formula is C28H32N2O4S2. The van der Waals surface area contributed by atoms with Crippen molar-refractivity contribution in [3.05, 3.63) is 42.1 Å². The first-order chi connectivity index (χ1) is 17.1. The fraction of sp³-hybridized carbons (Fsp3) is 0.571. The molecule has 2 aromatic heterocycles. The molecule has 6 rings (SSSR count). The lowest BCUT2D eigenvalue weighted by Crippen LogP contribution is -2.62. The number of thiazole rings is 1. The summed E-state index contributed by atoms with van der Waals surface area (Å²) in [6.45, 7) is 6.16. The molecule has 0 saturated heterocycles. The molecule has 2 N–H and O–H groups in total. The third kappa shape index (κ3) is 3.30. The van der Waals surface area contributed by atoms with E-state index in [-0.39, 0.29) is 46.4 Å². The smallest absolute Gasteiger partial charge is 0.178 e. The Morgan fingerprint density at radius 2 is 2.14 bits per heavy atom. The number of hydrogen-bond donors (Lipinski definition) is 2. The molecule has 0 amide bonds. The second kappa shape index (κ2) is 8.32. The van der Waals surface area contributed by atoms with Gasteiger partial charge in [-0.05, 0) is 67.7 Å². The molecule has 3 fully saturated rings. The molecule has 5 unspecified atom stereocenters. The highest BCUT2D eigenvalue weighted by Gasteiger charge is 2.70. The summed E-state index contributed by atoms with van der Waals surface area (Å²) < 4.78 is 0.773. The molecule has 2 aromatic rings. The van der Waals surface area contributed by atoms with E-state index in [2.05, 4.69) is 16.9 Å². The van der Waals surface area contributed by atoms with Crippen molar-refractivity contribution < 1.29 is 19.8 Å². The predicted octanol–water partition coefficient (Wildman–Crippen LogP) is 4.61. The Morgan fingerprint density at radius 1 is 1.33 bits per heavy atom. The molecule has 0 bridgehead atoms. The Balaban J connectivity index is 1.28. The maximum Gasteiger partial charge on any atom is 0.178 e. The number of ketones is 2. The van der Waals surface area contributed by atoms with Crippen LogP contribution in [0.25, 0.3) is 10.3 Å². The minimum absolute atomic E-state index is 0.0193. The number of allylic oxidation sites excluding steroid dienone is 4. The number of carbonyl (C=O) groups is 2. The van der Waals surface area contributed by atoms with Gasteiger partial charge in [0.1, 0.15) is 15.9 Å². The van der Waals surface area contributed by atoms with Crippen LogP contribution in [0.4, 0.5) is 0 Å². The Kier molecular flexibility index (Phi) is 5.65. The molecule has 4 aliphatic rings. The van der Waals surface area contributed by atoms with Gasteiger partial charge in [-0.1, -0.05) is 55.5 Å². The van der Waals surface area contributed by atoms with Crippen molar-refractivity contribution >= 4 is 45.0 Å². The van der Waals surface area contributed by atoms with E-state index in [4.69, 9.17) is 0 Å². The SMILES string of the molecule is C[C@@H]1CC2C3CCC4=CC(=O)C=CC4(C)C3[C@@H](O)CC2(C)[C@@]1(O)C(=O)CSc1nc2cccnc2s1. The highest BCUT2D eigenvalue weighted by atomic mass is 32.2. The summed E-state index contributed by atoms with van der Waals surface area (Å²) in [5, 5.41) is 23.8. The fourth-order valence-corrected chi connectivity index (χ4v) is 10.2. The topological polar surface area (TPSA) is 100 Å². The second-order valence-corrected chi connectivity index (χ2v) is 13.8. The quantitative estimate of drug-likeness (QED) is 0.564. The van der Waals surface area contributed by atoms with Gasteiger partial charge in [0, 0.05) is 22.9 Å². The van der Waals surface area contributed by atoms with Gasteiger partial charge in [0.05, 0.1) is 11.9 Å². The van der Waals surface area contributed by atoms with Gasteiger partial charge in [-0.15, -0.1) is 0 Å². The lowest BCUT2D eigenvalue weighted by molar-refractivity contribution is -0.179. The number of nitrogens with zero attached hydrogens (tertiary/aromatic N) is 2. The van der Waals surface area contributed by atoms with Crippen LogP contribution < -0.4 is 0 Å². The molecule has 2 heterocycles. The first-order valence-electron chi connectivity index (χ1n) is 12.8. The predicted molar refractivity (Wildman–Crippen MR) is 141 cm³/mol. The Morgan fingerprint density at radius 3 is 2.92 bits per heavy atom. The number of rotatable bonds is 4. The Hall–Kier alpha value is -1.87. The van der Waals surface area contributed by atoms with Crippen molar-refractivity contribution in [2.45, 2.75) is 62.5 Å². The number of pyridine rings is 1. The zero-order chi connectivity index (χ0) is 25.5. The Bertz CT molecular complexity index is 1290. The number of carbonyl (C=O) groups excluding carboxylic acids is 2. The number of aliphatic hydroxyl groups is 2. The van der Waals surface area contributed by atoms with Crippen LogP contribution in [0.5, 0.6) is 0 Å². The van der Waals surface area contributed by atoms with Crippen molar-refractivity contribution in [2.75, 3.05) is 5.75 Å². The van der Waals surface area contributed by atoms with Gasteiger partial charge in [0.15, 0.2) is 15.9 Å². The third-order valence-electron chi connectivity index (χ3n) is 9.98. The molecule has 0 radical (unpaired) electrons. The van der Waals surface area contributed by atoms with E-state index in [1.165, 1.54) is 23.1 Å². The van der Waals surface area contributed by atoms with E-state index in [0.717, 1.165) is 39.5 Å². The minimum Gasteiger partial charge on any atom is -0.393 e. The lowest BCUT2D eigenvalue weighted by atomic mass is 9.46. The second-order valence-electron chi connectivity index (χ2n) is 11.6. The number of Topliss-reactive ketones (excluding diaryl/α,β-unsaturated/α-hetero) is 1. The molecule has 0 aromatic carbocycles. The van der Waals surface area contributed by atoms with Crippen LogP contribution in [0.3, 0.4) is 0 Å². The van der Waals surface area contributed by atoms with Crippen LogP contribution in [0, 0.1) is 34.5 Å². The van der Waals surface area contributed by atoms with Gasteiger partial charge >= 0.3 is 0 Å². The maximum atomic E-state index is 13.8. The van der Waals surface area contributed by atoms with Gasteiger partial charge in [-0.3, -0.25) is 9.59 Å². The molecule has 6 nitrogen and oxygen atoms in total. The minimum atomic E-state index is -1.50. The molecule has 3 saturated carbocycles. The zero-order valence-electron chi connectivity index (χ0n) is 20.8. The summed E-state index contributed by atoms with van der Waals surface area (Å²) in [7, 11) is 0. The van der Waals surface area contributed by atoms with Crippen molar-refractivity contribution in [2.24, 2.45) is 34.5 Å². The maximum absolute atomic E-state index is 13.8. The summed E-state index contributed by atoms with van der Waals surface area (Å²) in [5.41, 5.74) is -0.635. The highest BCUT2D eigenvalue weighted by Crippen LogP contribution is 2.68. The largest absolute Gasteiger partial charge is 0.393 e. The van der Waals surface area contributed by atoms with E-state index in [1.54, 1.807) is 18.3 Å². The molecule has 36 heavy (non-hydrogen) atoms. The van der Waals surface area contributed by atoms with Crippen LogP contribution in [0.1, 0.15) is 46.5 Å². The van der Waals surface area contributed by atoms with Crippen molar-refractivity contribution in [3.8, 4) is 0 Å². The number of fused-ring (bicyclic) bond motifs is 6. The van der Waals surface area contributed by atoms with E-state index in [9.17, 15) is 19.8 Å². The molecule has 0 aliphatic heterocycles. The van der Waals surface area contributed by atoms with Crippen molar-refractivity contribution in [1.29, 1.82) is 0 Å². The summed E-state index contributed by atoms with van der Waals surface area (Å²) in [6, 6.07) is 3.75. The van der Waals surface area contributed by atoms with E-state index in [1.807, 2.05) is 32.1 Å². The van der Waals surface area contributed by atoms with E-state index in [0.29, 0.717) is 6.42 Å². The van der Waals surface area contributed by atoms with Gasteiger partial charge in [0.2, 0.25) is 0 Å². The standard InChI is InChI=1S/C28H32N2O4S2/c1-15-11-19-18-7-6-16-12-17(31)8-9-26(16,2)23(18)21(32)13-27(19,3)28(15,34)22(33)14-35-25-30-20-5-4-10-29-24(20)36-25/h4-5,8-10,12,15,18-19,21,23,32,34H,6-7,11,13-14H2,1-3H3/t15-,18?,19?,21+,23?,26?,27?,28+/m1/s1. The highest BCUT2D eigenvalue weighted by molar-refractivity contribution is 8.01. The molecular weight excluding hydrogens is 492 g/mol. The summed E-state index contributed by atoms with van der Waals surface area (Å²) >= 11 is 2.82. The van der Waals surface area contributed by atoms with E-state index < -0.39 is 17.1 Å². The summed E-state index contributed by atoms with van der Waals surface area (Å²) in [4.78, 5) is 35.6. The third-order valence-corrected chi connectivity index (χ3v) is 12.1. The van der Waals surface area contributed by atoms with E-state index >= 15 is 0 Å². The Labute approximate surface area is 219 Å². The number of aromatic nitrogens is 2. The summed E-state index contributed by atoms with van der Waals surface area (Å²) in [6.07, 6.45) is 9.29. The van der Waals surface area contributed by atoms with Crippen molar-refractivity contribution in [3.63, 3.8) is 0 Å². The van der Waals surface area contributed by atoms with Crippen LogP contribution in [0.15, 0.2) is 46.5 Å². The monoisotopic (exact) mass is 524 g/mol. The van der Waals surface area contributed by atoms with Gasteiger partial charge in [-0.2, -0.15) is 0 Å². The van der Waals surface area contributed by atoms with Crippen LogP contribution in [-0.2, 0) is 9.59 Å². The zero-order valence-corrected chi connectivity index (χ0v) is 22.4. The van der Waals surface area contributed by atoms with Gasteiger partial charge < -0.3 is 10.2 Å². The first-order valence-corrected chi connectivity index (χ1v) is 14.6. The van der Waals surface area contributed by atoms with Crippen LogP contribution in [-0.4, -0.2) is 49.2 Å². The van der Waals surface area contributed by atoms with Crippen LogP contribution in [0.2, 0.25) is 0 Å². The average Bonchev–Trinajstić information content (AvgIpc) is 3.35. The fourth-order valence-electron chi connectivity index (χ4n) is 8.30. The number of hydrogen-bond acceptors (Lipinski definition) is 8. The van der Waals surface area contributed by atoms with Crippen LogP contribution >= 0.6 is 23.1 Å².